The Morgan fingerprint density at radius 1 is 0.897 bits per heavy atom. The lowest BCUT2D eigenvalue weighted by atomic mass is 9.80. The summed E-state index contributed by atoms with van der Waals surface area (Å²) in [6, 6.07) is 10.8. The van der Waals surface area contributed by atoms with Crippen LogP contribution in [0.2, 0.25) is 0 Å². The maximum Gasteiger partial charge on any atom is 0.368 e. The van der Waals surface area contributed by atoms with Crippen LogP contribution in [-0.2, 0) is 12.5 Å². The molecule has 0 spiro atoms. The lowest BCUT2D eigenvalue weighted by molar-refractivity contribution is -0.636. The zero-order valence-corrected chi connectivity index (χ0v) is 18.2. The zero-order valence-electron chi connectivity index (χ0n) is 21.2. The SMILES string of the molecule is [2H]C([2H])([2H])c1nc2nc(C)c(-c3cc(C(C)(C)C)c4ccccc4c3C)[n+](C)c2nc1C. The van der Waals surface area contributed by atoms with Crippen LogP contribution in [0, 0.1) is 27.6 Å². The van der Waals surface area contributed by atoms with Crippen LogP contribution in [0.25, 0.3) is 33.3 Å². The second-order valence-electron chi connectivity index (χ2n) is 8.80. The van der Waals surface area contributed by atoms with Gasteiger partial charge < -0.3 is 0 Å². The molecule has 0 aliphatic heterocycles. The van der Waals surface area contributed by atoms with Gasteiger partial charge in [0.2, 0.25) is 5.65 Å². The van der Waals surface area contributed by atoms with Gasteiger partial charge in [0, 0.05) is 16.6 Å². The van der Waals surface area contributed by atoms with E-state index in [1.807, 2.05) is 18.5 Å². The third-order valence-corrected chi connectivity index (χ3v) is 5.68. The van der Waals surface area contributed by atoms with Crippen LogP contribution in [0.15, 0.2) is 30.3 Å². The Balaban J connectivity index is 2.09. The average Bonchev–Trinajstić information content (AvgIpc) is 2.68. The Hall–Kier alpha value is -2.88. The van der Waals surface area contributed by atoms with Gasteiger partial charge in [0.25, 0.3) is 0 Å². The molecule has 0 saturated carbocycles. The average molecular weight is 389 g/mol. The van der Waals surface area contributed by atoms with E-state index in [1.165, 1.54) is 21.9 Å². The standard InChI is InChI=1S/C25H29N4/c1-14-18-11-9-10-12-19(18)21(25(5,6)7)13-20(14)22-17(4)27-23-24(29(22)8)28-16(3)15(2)26-23/h9-13H,1-8H3/q+1/i2D3. The summed E-state index contributed by atoms with van der Waals surface area (Å²) >= 11 is 0. The molecule has 0 amide bonds. The Bertz CT molecular complexity index is 1380. The molecule has 0 fully saturated rings. The number of benzene rings is 2. The fourth-order valence-electron chi connectivity index (χ4n) is 4.12. The summed E-state index contributed by atoms with van der Waals surface area (Å²) in [6.07, 6.45) is 0. The van der Waals surface area contributed by atoms with Gasteiger partial charge >= 0.3 is 5.65 Å². The van der Waals surface area contributed by atoms with E-state index in [-0.39, 0.29) is 11.1 Å². The van der Waals surface area contributed by atoms with Crippen molar-refractivity contribution in [1.29, 1.82) is 0 Å². The quantitative estimate of drug-likeness (QED) is 0.421. The van der Waals surface area contributed by atoms with Gasteiger partial charge in [-0.15, -0.1) is 0 Å². The first kappa shape index (κ1) is 16.0. The molecule has 148 valence electrons. The van der Waals surface area contributed by atoms with Crippen molar-refractivity contribution in [2.24, 2.45) is 7.05 Å². The smallest absolute Gasteiger partial charge is 0.222 e. The first-order valence-electron chi connectivity index (χ1n) is 11.4. The molecule has 0 saturated heterocycles. The summed E-state index contributed by atoms with van der Waals surface area (Å²) in [5.74, 6) is 0. The fourth-order valence-corrected chi connectivity index (χ4v) is 4.12. The number of fused-ring (bicyclic) bond motifs is 2. The van der Waals surface area contributed by atoms with E-state index < -0.39 is 6.85 Å². The molecule has 29 heavy (non-hydrogen) atoms. The summed E-state index contributed by atoms with van der Waals surface area (Å²) in [5, 5.41) is 2.47. The minimum Gasteiger partial charge on any atom is -0.222 e. The predicted octanol–water partition coefficient (Wildman–Crippen LogP) is 5.20. The minimum absolute atomic E-state index is 0.00144. The maximum absolute atomic E-state index is 7.76. The molecule has 0 unspecified atom stereocenters. The van der Waals surface area contributed by atoms with Gasteiger partial charge in [-0.3, -0.25) is 0 Å². The topological polar surface area (TPSA) is 42.5 Å². The molecule has 4 rings (SSSR count). The molecule has 2 aromatic heterocycles. The summed E-state index contributed by atoms with van der Waals surface area (Å²) < 4.78 is 25.3. The van der Waals surface area contributed by atoms with Crippen molar-refractivity contribution in [2.75, 3.05) is 0 Å². The van der Waals surface area contributed by atoms with E-state index in [1.54, 1.807) is 6.92 Å². The van der Waals surface area contributed by atoms with Crippen molar-refractivity contribution in [1.82, 2.24) is 15.0 Å². The number of rotatable bonds is 1. The molecule has 0 atom stereocenters. The summed E-state index contributed by atoms with van der Waals surface area (Å²) in [4.78, 5) is 13.7. The molecule has 0 N–H and O–H groups in total. The lowest BCUT2D eigenvalue weighted by Crippen LogP contribution is -2.35. The first-order valence-corrected chi connectivity index (χ1v) is 9.89. The van der Waals surface area contributed by atoms with Crippen LogP contribution in [0.1, 0.15) is 53.1 Å². The number of hydrogen-bond donors (Lipinski definition) is 0. The normalized spacial score (nSPS) is 14.1. The molecule has 4 heteroatoms. The third kappa shape index (κ3) is 3.07. The van der Waals surface area contributed by atoms with Crippen molar-refractivity contribution >= 4 is 22.1 Å². The molecule has 4 nitrogen and oxygen atoms in total. The van der Waals surface area contributed by atoms with Gasteiger partial charge in [0.05, 0.1) is 18.4 Å². The highest BCUT2D eigenvalue weighted by Gasteiger charge is 2.26. The minimum atomic E-state index is -2.32. The van der Waals surface area contributed by atoms with Gasteiger partial charge in [-0.25, -0.2) is 14.5 Å². The summed E-state index contributed by atoms with van der Waals surface area (Å²) in [6.45, 7) is 10.1. The third-order valence-electron chi connectivity index (χ3n) is 5.68. The van der Waals surface area contributed by atoms with Crippen LogP contribution >= 0.6 is 0 Å². The Morgan fingerprint density at radius 2 is 1.55 bits per heavy atom. The number of aryl methyl sites for hydroxylation is 5. The van der Waals surface area contributed by atoms with Crippen molar-refractivity contribution in [3.63, 3.8) is 0 Å². The van der Waals surface area contributed by atoms with E-state index in [9.17, 15) is 0 Å². The summed E-state index contributed by atoms with van der Waals surface area (Å²) in [7, 11) is 1.95. The summed E-state index contributed by atoms with van der Waals surface area (Å²) in [5.41, 5.74) is 6.57. The Kier molecular flexibility index (Phi) is 3.63. The number of nitrogens with zero attached hydrogens (tertiary/aromatic N) is 4. The van der Waals surface area contributed by atoms with Crippen molar-refractivity contribution in [2.45, 2.75) is 53.8 Å². The molecule has 2 heterocycles. The van der Waals surface area contributed by atoms with Crippen LogP contribution in [0.5, 0.6) is 0 Å². The van der Waals surface area contributed by atoms with Crippen LogP contribution in [0.3, 0.4) is 0 Å². The van der Waals surface area contributed by atoms with Gasteiger partial charge in [-0.05, 0) is 59.1 Å². The second-order valence-corrected chi connectivity index (χ2v) is 8.80. The highest BCUT2D eigenvalue weighted by Crippen LogP contribution is 2.37. The van der Waals surface area contributed by atoms with Crippen LogP contribution in [0.4, 0.5) is 0 Å². The van der Waals surface area contributed by atoms with E-state index in [4.69, 9.17) is 9.10 Å². The van der Waals surface area contributed by atoms with Crippen LogP contribution < -0.4 is 4.57 Å². The fraction of sp³-hybridized carbons (Fsp3) is 0.360. The molecular weight excluding hydrogens is 356 g/mol. The zero-order chi connectivity index (χ0) is 23.6. The van der Waals surface area contributed by atoms with Gasteiger partial charge in [-0.2, -0.15) is 0 Å². The van der Waals surface area contributed by atoms with Gasteiger partial charge in [0.1, 0.15) is 0 Å². The molecule has 4 aromatic rings. The number of hydrogen-bond acceptors (Lipinski definition) is 3. The number of aromatic nitrogens is 4. The molecule has 0 aliphatic rings. The largest absolute Gasteiger partial charge is 0.368 e. The van der Waals surface area contributed by atoms with E-state index in [2.05, 4.69) is 68.0 Å². The van der Waals surface area contributed by atoms with Gasteiger partial charge in [0.15, 0.2) is 11.4 Å². The monoisotopic (exact) mass is 388 g/mol. The molecular formula is C25H29N4+. The van der Waals surface area contributed by atoms with Crippen molar-refractivity contribution in [3.05, 3.63) is 58.5 Å². The predicted molar refractivity (Wildman–Crippen MR) is 119 cm³/mol. The van der Waals surface area contributed by atoms with Crippen molar-refractivity contribution < 1.29 is 8.68 Å². The first-order chi connectivity index (χ1) is 14.8. The van der Waals surface area contributed by atoms with Crippen molar-refractivity contribution in [3.8, 4) is 11.3 Å². The lowest BCUT2D eigenvalue weighted by Gasteiger charge is -2.24. The van der Waals surface area contributed by atoms with E-state index in [0.29, 0.717) is 17.0 Å². The van der Waals surface area contributed by atoms with Crippen LogP contribution in [-0.4, -0.2) is 15.0 Å². The molecule has 0 aliphatic carbocycles. The molecule has 0 bridgehead atoms. The highest BCUT2D eigenvalue weighted by atomic mass is 15.1. The molecule has 0 radical (unpaired) electrons. The van der Waals surface area contributed by atoms with Gasteiger partial charge in [-0.1, -0.05) is 45.0 Å². The molecule has 2 aromatic carbocycles. The maximum atomic E-state index is 7.76. The highest BCUT2D eigenvalue weighted by molar-refractivity contribution is 5.94. The Morgan fingerprint density at radius 3 is 2.21 bits per heavy atom. The second kappa shape index (κ2) is 6.58. The Labute approximate surface area is 176 Å². The van der Waals surface area contributed by atoms with E-state index in [0.717, 1.165) is 17.0 Å². The van der Waals surface area contributed by atoms with E-state index >= 15 is 0 Å².